The molecule has 9 atom stereocenters. The molecular weight excluding hydrogens is 542 g/mol. The largest absolute Gasteiger partial charge is 0.595 e. The Bertz CT molecular complexity index is 1280. The number of aliphatic hydroxyl groups excluding tert-OH is 1. The zero-order chi connectivity index (χ0) is 30.4. The number of aliphatic hydroxyl groups is 2. The van der Waals surface area contributed by atoms with E-state index in [-0.39, 0.29) is 22.1 Å². The van der Waals surface area contributed by atoms with Crippen molar-refractivity contribution in [3.05, 3.63) is 46.7 Å². The van der Waals surface area contributed by atoms with Crippen molar-refractivity contribution in [2.75, 3.05) is 6.61 Å². The van der Waals surface area contributed by atoms with Gasteiger partial charge in [-0.05, 0) is 98.5 Å². The molecule has 4 aliphatic carbocycles. The van der Waals surface area contributed by atoms with E-state index in [0.717, 1.165) is 50.7 Å². The molecule has 0 bridgehead atoms. The lowest BCUT2D eigenvalue weighted by Crippen LogP contribution is -2.99. The third kappa shape index (κ3) is 5.37. The SMILES string of the molecule is C[C@]12CCC(=NOCC(=O)N[C@H](C(=O)O)[C@@H](O)c3cccc([NH+]([O-])O)c3)C=C1CC[C@@H]1[C@H]3CC[C@](C)(O)[C@]3(C)CC[C@@H]12. The van der Waals surface area contributed by atoms with Crippen LogP contribution in [0.1, 0.15) is 83.8 Å². The van der Waals surface area contributed by atoms with Gasteiger partial charge in [-0.3, -0.25) is 4.79 Å². The molecule has 11 heteroatoms. The van der Waals surface area contributed by atoms with Gasteiger partial charge in [0.2, 0.25) is 0 Å². The number of rotatable bonds is 8. The van der Waals surface area contributed by atoms with E-state index in [1.54, 1.807) is 0 Å². The van der Waals surface area contributed by atoms with Crippen molar-refractivity contribution >= 4 is 23.3 Å². The number of carboxylic acid groups (broad SMARTS) is 1. The summed E-state index contributed by atoms with van der Waals surface area (Å²) in [7, 11) is 0. The van der Waals surface area contributed by atoms with Crippen molar-refractivity contribution in [1.82, 2.24) is 5.32 Å². The van der Waals surface area contributed by atoms with Gasteiger partial charge in [-0.15, -0.1) is 0 Å². The molecule has 4 aliphatic rings. The van der Waals surface area contributed by atoms with Crippen LogP contribution in [0, 0.1) is 33.8 Å². The van der Waals surface area contributed by atoms with E-state index in [9.17, 15) is 30.1 Å². The first-order valence-corrected chi connectivity index (χ1v) is 14.9. The van der Waals surface area contributed by atoms with Crippen LogP contribution in [0.2, 0.25) is 0 Å². The van der Waals surface area contributed by atoms with Crippen LogP contribution < -0.4 is 10.5 Å². The summed E-state index contributed by atoms with van der Waals surface area (Å²) in [4.78, 5) is 29.6. The van der Waals surface area contributed by atoms with Gasteiger partial charge in [0.05, 0.1) is 11.3 Å². The summed E-state index contributed by atoms with van der Waals surface area (Å²) in [6.07, 6.45) is 8.31. The predicted octanol–water partition coefficient (Wildman–Crippen LogP) is 2.78. The molecule has 0 aromatic heterocycles. The van der Waals surface area contributed by atoms with Crippen molar-refractivity contribution in [2.45, 2.75) is 89.9 Å². The molecule has 0 radical (unpaired) electrons. The molecule has 42 heavy (non-hydrogen) atoms. The lowest BCUT2D eigenvalue weighted by atomic mass is 9.46. The standard InChI is InChI=1S/C31H43N3O8/c1-29-12-9-20(16-19(29)7-8-22-23(29)10-13-30(2)24(22)11-14-31(30,3)39)33-42-17-25(35)32-26(28(37)38)27(36)18-5-4-6-21(15-18)34(40)41/h4-6,15-16,22-24,26-27,34,36,39-40H,7-14,17H2,1-3H3,(H,32,35)(H,37,38)/t22-,23-,24+,26-,27-,29-,30+,31-/m0/s1. The lowest BCUT2D eigenvalue weighted by molar-refractivity contribution is -0.991. The molecule has 11 nitrogen and oxygen atoms in total. The van der Waals surface area contributed by atoms with E-state index in [1.165, 1.54) is 29.8 Å². The Morgan fingerprint density at radius 2 is 1.88 bits per heavy atom. The summed E-state index contributed by atoms with van der Waals surface area (Å²) in [6, 6.07) is 3.57. The molecule has 1 amide bonds. The number of allylic oxidation sites excluding steroid dienone is 2. The second-order valence-electron chi connectivity index (χ2n) is 13.4. The number of quaternary nitrogens is 1. The smallest absolute Gasteiger partial charge is 0.329 e. The first kappa shape index (κ1) is 30.6. The number of oxime groups is 1. The lowest BCUT2D eigenvalue weighted by Gasteiger charge is -2.59. The quantitative estimate of drug-likeness (QED) is 0.252. The fourth-order valence-corrected chi connectivity index (χ4v) is 8.60. The Labute approximate surface area is 245 Å². The van der Waals surface area contributed by atoms with E-state index in [4.69, 9.17) is 10.0 Å². The Kier molecular flexibility index (Phi) is 8.27. The van der Waals surface area contributed by atoms with Crippen LogP contribution in [-0.2, 0) is 14.4 Å². The number of hydrogen-bond acceptors (Lipinski definition) is 8. The van der Waals surface area contributed by atoms with E-state index >= 15 is 0 Å². The molecular formula is C31H43N3O8. The summed E-state index contributed by atoms with van der Waals surface area (Å²) in [5.41, 5.74) is 1.53. The fraction of sp³-hybridized carbons (Fsp3) is 0.645. The van der Waals surface area contributed by atoms with Gasteiger partial charge in [0.25, 0.3) is 5.91 Å². The summed E-state index contributed by atoms with van der Waals surface area (Å²) >= 11 is 0. The number of nitrogens with zero attached hydrogens (tertiary/aromatic N) is 1. The van der Waals surface area contributed by atoms with Crippen molar-refractivity contribution in [3.8, 4) is 0 Å². The molecule has 1 unspecified atom stereocenters. The Hall–Kier alpha value is -2.83. The van der Waals surface area contributed by atoms with Gasteiger partial charge in [-0.1, -0.05) is 36.7 Å². The van der Waals surface area contributed by atoms with Crippen molar-refractivity contribution in [1.29, 1.82) is 0 Å². The van der Waals surface area contributed by atoms with E-state index in [2.05, 4.69) is 30.4 Å². The molecule has 230 valence electrons. The van der Waals surface area contributed by atoms with Crippen LogP contribution >= 0.6 is 0 Å². The highest BCUT2D eigenvalue weighted by Crippen LogP contribution is 2.67. The Balaban J connectivity index is 1.20. The maximum Gasteiger partial charge on any atom is 0.329 e. The van der Waals surface area contributed by atoms with Gasteiger partial charge in [0, 0.05) is 12.1 Å². The Morgan fingerprint density at radius 3 is 2.60 bits per heavy atom. The summed E-state index contributed by atoms with van der Waals surface area (Å²) in [6.45, 7) is 6.17. The highest BCUT2D eigenvalue weighted by atomic mass is 16.8. The molecule has 3 saturated carbocycles. The molecule has 0 spiro atoms. The predicted molar refractivity (Wildman–Crippen MR) is 152 cm³/mol. The molecule has 6 N–H and O–H groups in total. The highest BCUT2D eigenvalue weighted by molar-refractivity contribution is 5.96. The zero-order valence-electron chi connectivity index (χ0n) is 24.5. The molecule has 0 aliphatic heterocycles. The molecule has 0 heterocycles. The monoisotopic (exact) mass is 585 g/mol. The summed E-state index contributed by atoms with van der Waals surface area (Å²) in [5.74, 6) is -0.503. The van der Waals surface area contributed by atoms with Crippen molar-refractivity contribution in [2.24, 2.45) is 33.7 Å². The van der Waals surface area contributed by atoms with Gasteiger partial charge >= 0.3 is 5.97 Å². The number of aliphatic carboxylic acids is 1. The molecule has 3 fully saturated rings. The number of nitrogens with one attached hydrogen (secondary N) is 2. The number of amides is 1. The molecule has 1 aromatic carbocycles. The topological polar surface area (TPSA) is 176 Å². The van der Waals surface area contributed by atoms with Gasteiger partial charge in [0.1, 0.15) is 6.10 Å². The second kappa shape index (κ2) is 11.3. The zero-order valence-corrected chi connectivity index (χ0v) is 24.5. The minimum atomic E-state index is -1.70. The van der Waals surface area contributed by atoms with E-state index in [1.807, 2.05) is 6.92 Å². The van der Waals surface area contributed by atoms with Crippen LogP contribution in [0.25, 0.3) is 0 Å². The van der Waals surface area contributed by atoms with Gasteiger partial charge in [0.15, 0.2) is 18.3 Å². The van der Waals surface area contributed by atoms with Crippen LogP contribution in [0.4, 0.5) is 5.69 Å². The third-order valence-electron chi connectivity index (χ3n) is 11.3. The van der Waals surface area contributed by atoms with Crippen LogP contribution in [0.3, 0.4) is 0 Å². The average molecular weight is 586 g/mol. The number of carbonyl (C=O) groups excluding carboxylic acids is 1. The molecule has 1 aromatic rings. The number of fused-ring (bicyclic) bond motifs is 5. The van der Waals surface area contributed by atoms with Gasteiger partial charge in [-0.2, -0.15) is 5.23 Å². The van der Waals surface area contributed by atoms with Gasteiger partial charge in [-0.25, -0.2) is 10.0 Å². The van der Waals surface area contributed by atoms with Crippen LogP contribution in [0.5, 0.6) is 0 Å². The minimum Gasteiger partial charge on any atom is -0.595 e. The fourth-order valence-electron chi connectivity index (χ4n) is 8.60. The van der Waals surface area contributed by atoms with E-state index in [0.29, 0.717) is 24.2 Å². The first-order valence-electron chi connectivity index (χ1n) is 14.9. The van der Waals surface area contributed by atoms with Crippen molar-refractivity contribution < 1.29 is 40.2 Å². The second-order valence-corrected chi connectivity index (χ2v) is 13.4. The van der Waals surface area contributed by atoms with E-state index < -0.39 is 41.5 Å². The first-order chi connectivity index (χ1) is 19.8. The normalized spacial score (nSPS) is 37.0. The summed E-state index contributed by atoms with van der Waals surface area (Å²) in [5, 5.41) is 56.9. The number of carboxylic acids is 1. The molecule has 5 rings (SSSR count). The van der Waals surface area contributed by atoms with Gasteiger partial charge < -0.3 is 30.7 Å². The number of carbonyl (C=O) groups is 2. The van der Waals surface area contributed by atoms with Crippen LogP contribution in [-0.4, -0.2) is 56.4 Å². The third-order valence-corrected chi connectivity index (χ3v) is 11.3. The summed E-state index contributed by atoms with van der Waals surface area (Å²) < 4.78 is 0. The average Bonchev–Trinajstić information content (AvgIpc) is 3.19. The molecule has 0 saturated heterocycles. The maximum absolute atomic E-state index is 12.5. The Morgan fingerprint density at radius 1 is 1.14 bits per heavy atom. The minimum absolute atomic E-state index is 0.0142. The van der Waals surface area contributed by atoms with Crippen molar-refractivity contribution in [3.63, 3.8) is 0 Å². The number of benzene rings is 1. The highest BCUT2D eigenvalue weighted by Gasteiger charge is 2.62. The number of hydrogen-bond donors (Lipinski definition) is 6. The van der Waals surface area contributed by atoms with Crippen LogP contribution in [0.15, 0.2) is 41.1 Å². The maximum atomic E-state index is 12.5.